The number of aliphatic hydroxyl groups excluding tert-OH is 1. The van der Waals surface area contributed by atoms with Gasteiger partial charge in [-0.1, -0.05) is 6.07 Å². The molecular formula is C26H31F2N5O3. The van der Waals surface area contributed by atoms with Gasteiger partial charge in [0.2, 0.25) is 5.95 Å². The molecule has 36 heavy (non-hydrogen) atoms. The van der Waals surface area contributed by atoms with E-state index in [-0.39, 0.29) is 41.8 Å². The van der Waals surface area contributed by atoms with Gasteiger partial charge in [0.05, 0.1) is 30.5 Å². The van der Waals surface area contributed by atoms with Gasteiger partial charge in [-0.15, -0.1) is 0 Å². The highest BCUT2D eigenvalue weighted by Gasteiger charge is 2.28. The van der Waals surface area contributed by atoms with Crippen molar-refractivity contribution in [1.82, 2.24) is 19.9 Å². The Balaban J connectivity index is 1.50. The van der Waals surface area contributed by atoms with Crippen molar-refractivity contribution in [2.24, 2.45) is 0 Å². The number of ether oxygens (including phenoxy) is 1. The number of fused-ring (bicyclic) bond motifs is 1. The molecule has 0 radical (unpaired) electrons. The maximum Gasteiger partial charge on any atom is 0.223 e. The highest BCUT2D eigenvalue weighted by molar-refractivity contribution is 5.84. The Morgan fingerprint density at radius 2 is 2.08 bits per heavy atom. The third-order valence-corrected chi connectivity index (χ3v) is 6.96. The molecule has 1 saturated heterocycles. The van der Waals surface area contributed by atoms with Crippen LogP contribution in [0.25, 0.3) is 22.2 Å². The van der Waals surface area contributed by atoms with E-state index in [4.69, 9.17) is 4.74 Å². The quantitative estimate of drug-likeness (QED) is 0.458. The number of aliphatic hydroxyl groups is 1. The Bertz CT molecular complexity index is 1310. The standard InChI is InChI=1S/C26H31F2N5O3/c1-14(2)33-18(11-29-17-8-16(27)9-17)10-23(34)19-4-3-15(7-22(19)33)25-20(28)12-30-26(32-25)31-21-5-6-36-13-24(21)35/h3-4,7,10,12,14,16-17,21,24,29,35H,5-6,8-9,11,13H2,1-2H3,(H,30,31,32)/t16?,17?,21-,24-/m1/s1. The summed E-state index contributed by atoms with van der Waals surface area (Å²) in [5.41, 5.74) is 1.96. The van der Waals surface area contributed by atoms with E-state index in [1.807, 2.05) is 13.8 Å². The van der Waals surface area contributed by atoms with Crippen LogP contribution in [0.4, 0.5) is 14.7 Å². The SMILES string of the molecule is CC(C)n1c(CNC2CC(F)C2)cc(=O)c2ccc(-c3nc(N[C@@H]4CCOC[C@H]4O)ncc3F)cc21. The van der Waals surface area contributed by atoms with Crippen molar-refractivity contribution in [2.75, 3.05) is 18.5 Å². The number of nitrogens with zero attached hydrogens (tertiary/aromatic N) is 3. The molecule has 1 saturated carbocycles. The van der Waals surface area contributed by atoms with Gasteiger partial charge in [0.1, 0.15) is 11.9 Å². The molecule has 8 nitrogen and oxygen atoms in total. The maximum absolute atomic E-state index is 14.9. The second-order valence-corrected chi connectivity index (χ2v) is 9.91. The molecule has 10 heteroatoms. The Hall–Kier alpha value is -2.95. The van der Waals surface area contributed by atoms with Gasteiger partial charge < -0.3 is 25.0 Å². The third kappa shape index (κ3) is 4.98. The van der Waals surface area contributed by atoms with Crippen molar-refractivity contribution in [2.45, 2.75) is 70.1 Å². The van der Waals surface area contributed by atoms with Crippen molar-refractivity contribution in [3.05, 3.63) is 52.2 Å². The number of anilines is 1. The smallest absolute Gasteiger partial charge is 0.223 e. The van der Waals surface area contributed by atoms with Crippen molar-refractivity contribution in [3.63, 3.8) is 0 Å². The fourth-order valence-electron chi connectivity index (χ4n) is 4.95. The average Bonchev–Trinajstić information content (AvgIpc) is 2.83. The number of rotatable bonds is 7. The van der Waals surface area contributed by atoms with E-state index in [9.17, 15) is 18.7 Å². The first kappa shape index (κ1) is 24.7. The van der Waals surface area contributed by atoms with Crippen molar-refractivity contribution >= 4 is 16.9 Å². The van der Waals surface area contributed by atoms with E-state index in [0.29, 0.717) is 48.9 Å². The number of halogens is 2. The lowest BCUT2D eigenvalue weighted by atomic mass is 9.91. The van der Waals surface area contributed by atoms with Crippen LogP contribution in [-0.2, 0) is 11.3 Å². The average molecular weight is 500 g/mol. The summed E-state index contributed by atoms with van der Waals surface area (Å²) in [5, 5.41) is 17.1. The summed E-state index contributed by atoms with van der Waals surface area (Å²) in [6.45, 7) is 5.21. The molecule has 2 fully saturated rings. The van der Waals surface area contributed by atoms with Gasteiger partial charge in [0.15, 0.2) is 11.2 Å². The largest absolute Gasteiger partial charge is 0.389 e. The molecule has 2 aromatic heterocycles. The van der Waals surface area contributed by atoms with E-state index >= 15 is 0 Å². The summed E-state index contributed by atoms with van der Waals surface area (Å²) in [4.78, 5) is 21.4. The zero-order valence-corrected chi connectivity index (χ0v) is 20.4. The first-order valence-electron chi connectivity index (χ1n) is 12.4. The predicted molar refractivity (Wildman–Crippen MR) is 133 cm³/mol. The topological polar surface area (TPSA) is 101 Å². The number of benzene rings is 1. The van der Waals surface area contributed by atoms with Crippen LogP contribution in [0.3, 0.4) is 0 Å². The lowest BCUT2D eigenvalue weighted by molar-refractivity contribution is -0.0136. The Morgan fingerprint density at radius 3 is 2.81 bits per heavy atom. The normalized spacial score (nSPS) is 24.2. The molecule has 3 aromatic rings. The van der Waals surface area contributed by atoms with Crippen LogP contribution in [-0.4, -0.2) is 57.2 Å². The van der Waals surface area contributed by atoms with Gasteiger partial charge >= 0.3 is 0 Å². The van der Waals surface area contributed by atoms with Crippen molar-refractivity contribution in [3.8, 4) is 11.3 Å². The monoisotopic (exact) mass is 499 g/mol. The summed E-state index contributed by atoms with van der Waals surface area (Å²) in [6, 6.07) is 6.61. The Labute approximate surface area is 207 Å². The number of aromatic nitrogens is 3. The van der Waals surface area contributed by atoms with E-state index in [0.717, 1.165) is 11.9 Å². The molecule has 5 rings (SSSR count). The van der Waals surface area contributed by atoms with Crippen LogP contribution >= 0.6 is 0 Å². The lowest BCUT2D eigenvalue weighted by Crippen LogP contribution is -2.42. The second kappa shape index (κ2) is 10.2. The number of alkyl halides is 1. The molecule has 1 aliphatic heterocycles. The van der Waals surface area contributed by atoms with Crippen LogP contribution in [0.5, 0.6) is 0 Å². The van der Waals surface area contributed by atoms with E-state index in [1.165, 1.54) is 0 Å². The molecule has 1 aliphatic carbocycles. The van der Waals surface area contributed by atoms with Crippen LogP contribution in [0, 0.1) is 5.82 Å². The van der Waals surface area contributed by atoms with Gasteiger partial charge in [0, 0.05) is 47.9 Å². The lowest BCUT2D eigenvalue weighted by Gasteiger charge is -2.31. The van der Waals surface area contributed by atoms with Gasteiger partial charge in [-0.25, -0.2) is 18.7 Å². The van der Waals surface area contributed by atoms with E-state index < -0.39 is 18.1 Å². The summed E-state index contributed by atoms with van der Waals surface area (Å²) in [5.74, 6) is -0.377. The van der Waals surface area contributed by atoms with Gasteiger partial charge in [-0.2, -0.15) is 0 Å². The fourth-order valence-corrected chi connectivity index (χ4v) is 4.95. The molecule has 2 aliphatic rings. The molecular weight excluding hydrogens is 468 g/mol. The molecule has 2 atom stereocenters. The maximum atomic E-state index is 14.9. The van der Waals surface area contributed by atoms with Crippen LogP contribution in [0.2, 0.25) is 0 Å². The number of hydrogen-bond donors (Lipinski definition) is 3. The van der Waals surface area contributed by atoms with Crippen LogP contribution < -0.4 is 16.1 Å². The van der Waals surface area contributed by atoms with Gasteiger partial charge in [-0.05, 0) is 45.2 Å². The molecule has 0 amide bonds. The zero-order chi connectivity index (χ0) is 25.4. The summed E-state index contributed by atoms with van der Waals surface area (Å²) in [6.07, 6.45) is 1.19. The fraction of sp³-hybridized carbons (Fsp3) is 0.500. The number of hydrogen-bond acceptors (Lipinski definition) is 7. The van der Waals surface area contributed by atoms with Crippen LogP contribution in [0.1, 0.15) is 44.8 Å². The molecule has 0 spiro atoms. The molecule has 3 N–H and O–H groups in total. The minimum absolute atomic E-state index is 0.0259. The second-order valence-electron chi connectivity index (χ2n) is 9.91. The molecule has 0 unspecified atom stereocenters. The van der Waals surface area contributed by atoms with E-state index in [1.54, 1.807) is 24.3 Å². The first-order chi connectivity index (χ1) is 17.3. The molecule has 0 bridgehead atoms. The summed E-state index contributed by atoms with van der Waals surface area (Å²) in [7, 11) is 0. The summed E-state index contributed by atoms with van der Waals surface area (Å²) >= 11 is 0. The molecule has 1 aromatic carbocycles. The zero-order valence-electron chi connectivity index (χ0n) is 20.4. The van der Waals surface area contributed by atoms with E-state index in [2.05, 4.69) is 25.2 Å². The third-order valence-electron chi connectivity index (χ3n) is 6.96. The molecule has 192 valence electrons. The number of nitrogens with one attached hydrogen (secondary N) is 2. The number of pyridine rings is 1. The molecule has 3 heterocycles. The minimum Gasteiger partial charge on any atom is -0.389 e. The van der Waals surface area contributed by atoms with Crippen molar-refractivity contribution in [1.29, 1.82) is 0 Å². The Kier molecular flexibility index (Phi) is 7.00. The van der Waals surface area contributed by atoms with Crippen LogP contribution in [0.15, 0.2) is 35.3 Å². The highest BCUT2D eigenvalue weighted by Crippen LogP contribution is 2.28. The minimum atomic E-state index is -0.759. The highest BCUT2D eigenvalue weighted by atomic mass is 19.1. The summed E-state index contributed by atoms with van der Waals surface area (Å²) < 4.78 is 35.4. The van der Waals surface area contributed by atoms with Crippen molar-refractivity contribution < 1.29 is 18.6 Å². The Morgan fingerprint density at radius 1 is 1.28 bits per heavy atom. The van der Waals surface area contributed by atoms with Gasteiger partial charge in [-0.3, -0.25) is 4.79 Å². The van der Waals surface area contributed by atoms with Gasteiger partial charge in [0.25, 0.3) is 0 Å². The first-order valence-corrected chi connectivity index (χ1v) is 12.4. The predicted octanol–water partition coefficient (Wildman–Crippen LogP) is 3.33.